The third-order valence-corrected chi connectivity index (χ3v) is 14.0. The van der Waals surface area contributed by atoms with Crippen LogP contribution in [0, 0.1) is 29.4 Å². The Labute approximate surface area is 367 Å². The average molecular weight is 934 g/mol. The number of sulfonamides is 1. The van der Waals surface area contributed by atoms with Crippen molar-refractivity contribution >= 4 is 50.1 Å². The number of ether oxygens (including phenoxy) is 1. The summed E-state index contributed by atoms with van der Waals surface area (Å²) in [4.78, 5) is 38.8. The lowest BCUT2D eigenvalue weighted by molar-refractivity contribution is -0.123. The van der Waals surface area contributed by atoms with E-state index in [-0.39, 0.29) is 68.9 Å². The third kappa shape index (κ3) is 7.55. The maximum absolute atomic E-state index is 15.6. The molecule has 1 aliphatic heterocycles. The maximum Gasteiger partial charge on any atom is 0.293 e. The van der Waals surface area contributed by atoms with Crippen molar-refractivity contribution < 1.29 is 44.3 Å². The zero-order valence-corrected chi connectivity index (χ0v) is 36.3. The Kier molecular flexibility index (Phi) is 10.8. The highest BCUT2D eigenvalue weighted by molar-refractivity contribution is 7.89. The monoisotopic (exact) mass is 933 g/mol. The average Bonchev–Trinajstić information content (AvgIpc) is 3.42. The number of fused-ring (bicyclic) bond motifs is 5. The van der Waals surface area contributed by atoms with Crippen molar-refractivity contribution in [3.05, 3.63) is 97.8 Å². The molecule has 2 saturated carbocycles. The number of aromatic nitrogens is 5. The number of amidine groups is 1. The molecule has 4 aromatic rings. The van der Waals surface area contributed by atoms with E-state index in [0.717, 1.165) is 48.6 Å². The Morgan fingerprint density at radius 3 is 2.48 bits per heavy atom. The molecule has 1 amide bonds. The topological polar surface area (TPSA) is 166 Å². The molecule has 340 valence electrons. The van der Waals surface area contributed by atoms with Gasteiger partial charge in [0.15, 0.2) is 5.65 Å². The number of benzene rings is 1. The molecule has 4 heterocycles. The van der Waals surface area contributed by atoms with Crippen molar-refractivity contribution in [1.82, 2.24) is 40.1 Å². The molecule has 0 bridgehead atoms. The number of pyridine rings is 1. The molecule has 22 heteroatoms. The summed E-state index contributed by atoms with van der Waals surface area (Å²) >= 11 is 6.78. The fourth-order valence-corrected chi connectivity index (χ4v) is 10.8. The summed E-state index contributed by atoms with van der Waals surface area (Å²) in [7, 11) is -2.44. The van der Waals surface area contributed by atoms with Gasteiger partial charge in [0.2, 0.25) is 11.8 Å². The standard InChI is InChI=1S/C42H42ClF6N9O5S/c1-19(21-7-5-6-8-21)63-31-12-9-24-37(51-31)52-39(58(40(24)60)29-11-10-27(43)33-38(55-64(4,61)62)54-56(3)41(29,33)2)28(15-20-13-22(44)16-23(45)14-20)50-30(59)18-57-35-32(34(53-57)36(46)47)25-17-26(25)42(35,48)49/h9-14,16,19,21,25-26,28,33,36H,5-8,15,17-18H2,1-4H3,(H,50,59)(H,54,55)/t19-,25-,26+,28-,33?,41?/m0/s1. The third-order valence-electron chi connectivity index (χ3n) is 13.1. The van der Waals surface area contributed by atoms with Crippen LogP contribution in [0.5, 0.6) is 5.88 Å². The molecule has 0 radical (unpaired) electrons. The van der Waals surface area contributed by atoms with Crippen molar-refractivity contribution in [1.29, 1.82) is 0 Å². The Balaban J connectivity index is 1.21. The van der Waals surface area contributed by atoms with Crippen molar-refractivity contribution in [3.8, 4) is 5.88 Å². The quantitative estimate of drug-likeness (QED) is 0.147. The largest absolute Gasteiger partial charge is 0.474 e. The van der Waals surface area contributed by atoms with Crippen LogP contribution in [0.4, 0.5) is 26.3 Å². The van der Waals surface area contributed by atoms with Crippen molar-refractivity contribution in [2.24, 2.45) is 22.2 Å². The van der Waals surface area contributed by atoms with Gasteiger partial charge in [-0.1, -0.05) is 24.4 Å². The molecule has 0 spiro atoms. The summed E-state index contributed by atoms with van der Waals surface area (Å²) in [6.07, 6.45) is 3.92. The Morgan fingerprint density at radius 1 is 1.11 bits per heavy atom. The Hall–Kier alpha value is -5.28. The lowest BCUT2D eigenvalue weighted by atomic mass is 9.79. The number of rotatable bonds is 12. The summed E-state index contributed by atoms with van der Waals surface area (Å²) in [6, 6.07) is 4.06. The van der Waals surface area contributed by atoms with E-state index in [0.29, 0.717) is 10.7 Å². The number of carbonyl (C=O) groups excluding carboxylic acids is 1. The zero-order valence-electron chi connectivity index (χ0n) is 34.8. The molecule has 64 heavy (non-hydrogen) atoms. The van der Waals surface area contributed by atoms with Gasteiger partial charge in [0, 0.05) is 42.1 Å². The van der Waals surface area contributed by atoms with Gasteiger partial charge >= 0.3 is 0 Å². The highest BCUT2D eigenvalue weighted by Gasteiger charge is 2.67. The first-order chi connectivity index (χ1) is 30.1. The van der Waals surface area contributed by atoms with Gasteiger partial charge in [-0.05, 0) is 80.9 Å². The molecule has 1 aromatic carbocycles. The summed E-state index contributed by atoms with van der Waals surface area (Å²) < 4.78 is 126. The second kappa shape index (κ2) is 15.7. The van der Waals surface area contributed by atoms with Crippen LogP contribution in [0.3, 0.4) is 0 Å². The number of hydrogen-bond donors (Lipinski definition) is 2. The number of halogens is 7. The minimum atomic E-state index is -4.00. The second-order valence-corrected chi connectivity index (χ2v) is 19.4. The van der Waals surface area contributed by atoms with Gasteiger partial charge in [0.1, 0.15) is 47.3 Å². The molecule has 2 unspecified atom stereocenters. The van der Waals surface area contributed by atoms with Crippen LogP contribution in [-0.2, 0) is 33.7 Å². The number of nitrogens with one attached hydrogen (secondary N) is 2. The van der Waals surface area contributed by atoms with Crippen LogP contribution >= 0.6 is 11.6 Å². The number of amides is 1. The van der Waals surface area contributed by atoms with Gasteiger partial charge in [-0.3, -0.25) is 18.8 Å². The van der Waals surface area contributed by atoms with E-state index in [1.54, 1.807) is 14.0 Å². The van der Waals surface area contributed by atoms with Gasteiger partial charge in [0.25, 0.3) is 27.9 Å². The van der Waals surface area contributed by atoms with Crippen LogP contribution in [0.1, 0.15) is 92.7 Å². The van der Waals surface area contributed by atoms with Crippen molar-refractivity contribution in [2.75, 3.05) is 13.3 Å². The number of hydrogen-bond acceptors (Lipinski definition) is 9. The molecule has 4 aliphatic carbocycles. The molecule has 14 nitrogen and oxygen atoms in total. The highest BCUT2D eigenvalue weighted by Crippen LogP contribution is 2.68. The number of allylic oxidation sites excluding steroid dienone is 2. The number of alkyl halides is 4. The summed E-state index contributed by atoms with van der Waals surface area (Å²) in [5.41, 5.74) is -1.24. The molecule has 5 aliphatic rings. The lowest BCUT2D eigenvalue weighted by Gasteiger charge is -2.40. The normalized spacial score (nSPS) is 25.4. The summed E-state index contributed by atoms with van der Waals surface area (Å²) in [5.74, 6) is -9.55. The minimum Gasteiger partial charge on any atom is -0.474 e. The van der Waals surface area contributed by atoms with Gasteiger partial charge in [-0.15, -0.1) is 4.40 Å². The first-order valence-corrected chi connectivity index (χ1v) is 22.9. The molecule has 6 atom stereocenters. The van der Waals surface area contributed by atoms with Crippen LogP contribution in [0.15, 0.2) is 56.7 Å². The first-order valence-electron chi connectivity index (χ1n) is 20.7. The summed E-state index contributed by atoms with van der Waals surface area (Å²) in [5, 5.41) is 8.04. The molecule has 2 N–H and O–H groups in total. The van der Waals surface area contributed by atoms with Gasteiger partial charge in [0.05, 0.1) is 34.8 Å². The van der Waals surface area contributed by atoms with E-state index in [1.165, 1.54) is 29.3 Å². The van der Waals surface area contributed by atoms with E-state index in [4.69, 9.17) is 21.3 Å². The van der Waals surface area contributed by atoms with Gasteiger partial charge < -0.3 is 15.5 Å². The Bertz CT molecular complexity index is 2860. The van der Waals surface area contributed by atoms with Crippen LogP contribution in [-0.4, -0.2) is 74.4 Å². The Morgan fingerprint density at radius 2 is 1.81 bits per heavy atom. The van der Waals surface area contributed by atoms with Gasteiger partial charge in [-0.2, -0.15) is 18.9 Å². The molecule has 1 saturated heterocycles. The van der Waals surface area contributed by atoms with E-state index in [2.05, 4.69) is 25.2 Å². The molecule has 9 rings (SSSR count). The SMILES string of the molecule is C[C@H](Oc1ccc2c(=O)n(C3=CC=C(Cl)C4C(=NS(C)(=O)=O)NN(C)C34C)c([C@H](Cc3cc(F)cc(F)c3)NC(=O)Cn3nc(C(F)F)c4c3C(F)(F)[C@@H]3C[C@H]43)nc2n1)C1CCCC1. The predicted molar refractivity (Wildman–Crippen MR) is 222 cm³/mol. The smallest absolute Gasteiger partial charge is 0.293 e. The van der Waals surface area contributed by atoms with Crippen LogP contribution in [0.25, 0.3) is 16.7 Å². The number of carbonyl (C=O) groups is 1. The molecule has 3 fully saturated rings. The number of nitrogens with zero attached hydrogens (tertiary/aromatic N) is 7. The number of likely N-dealkylation sites (N-methyl/N-ethyl adjacent to an activating group) is 1. The maximum atomic E-state index is 15.6. The molecule has 3 aromatic heterocycles. The van der Waals surface area contributed by atoms with Crippen molar-refractivity contribution in [2.45, 2.75) is 94.9 Å². The highest BCUT2D eigenvalue weighted by atomic mass is 35.5. The van der Waals surface area contributed by atoms with E-state index >= 15 is 13.6 Å². The predicted octanol–water partition coefficient (Wildman–Crippen LogP) is 6.63. The summed E-state index contributed by atoms with van der Waals surface area (Å²) in [6.45, 7) is 2.58. The fraction of sp³-hybridized carbons (Fsp3) is 0.476. The molecular weight excluding hydrogens is 892 g/mol. The first kappa shape index (κ1) is 43.9. The second-order valence-electron chi connectivity index (χ2n) is 17.3. The van der Waals surface area contributed by atoms with Crippen LogP contribution in [0.2, 0.25) is 0 Å². The lowest BCUT2D eigenvalue weighted by Crippen LogP contribution is -2.51. The van der Waals surface area contributed by atoms with Crippen molar-refractivity contribution in [3.63, 3.8) is 0 Å². The number of hydrazine groups is 1. The zero-order chi connectivity index (χ0) is 45.8. The van der Waals surface area contributed by atoms with Gasteiger partial charge in [-0.25, -0.2) is 36.0 Å². The van der Waals surface area contributed by atoms with E-state index < -0.39 is 99.2 Å². The fourth-order valence-electron chi connectivity index (χ4n) is 9.94. The minimum absolute atomic E-state index is 0.00232. The van der Waals surface area contributed by atoms with Crippen LogP contribution < -0.4 is 21.0 Å². The molecular formula is C42H42ClF6N9O5S. The van der Waals surface area contributed by atoms with E-state index in [1.807, 2.05) is 6.92 Å². The van der Waals surface area contributed by atoms with E-state index in [9.17, 15) is 30.8 Å².